The summed E-state index contributed by atoms with van der Waals surface area (Å²) < 4.78 is 7.73. The van der Waals surface area contributed by atoms with Crippen LogP contribution in [0.15, 0.2) is 60.9 Å². The van der Waals surface area contributed by atoms with Gasteiger partial charge in [-0.25, -0.2) is 0 Å². The highest BCUT2D eigenvalue weighted by molar-refractivity contribution is 5.82. The van der Waals surface area contributed by atoms with Gasteiger partial charge in [-0.1, -0.05) is 36.4 Å². The smallest absolute Gasteiger partial charge is 0.142 e. The van der Waals surface area contributed by atoms with Gasteiger partial charge in [-0.15, -0.1) is 0 Å². The molecule has 1 aliphatic rings. The van der Waals surface area contributed by atoms with Crippen LogP contribution in [0.25, 0.3) is 10.8 Å². The molecule has 0 bridgehead atoms. The van der Waals surface area contributed by atoms with Gasteiger partial charge < -0.3 is 14.6 Å². The second-order valence-corrected chi connectivity index (χ2v) is 5.88. The molecule has 0 amide bonds. The minimum Gasteiger partial charge on any atom is -0.495 e. The third kappa shape index (κ3) is 2.61. The van der Waals surface area contributed by atoms with Crippen LogP contribution in [0, 0.1) is 0 Å². The number of anilines is 1. The van der Waals surface area contributed by atoms with Crippen molar-refractivity contribution in [2.75, 3.05) is 43.2 Å². The fourth-order valence-corrected chi connectivity index (χ4v) is 3.29. The van der Waals surface area contributed by atoms with Crippen LogP contribution in [0.4, 0.5) is 5.69 Å². The molecule has 0 N–H and O–H groups in total. The summed E-state index contributed by atoms with van der Waals surface area (Å²) in [4.78, 5) is 2.40. The van der Waals surface area contributed by atoms with E-state index < -0.39 is 0 Å². The number of hydrogen-bond donors (Lipinski definition) is 0. The number of piperazine rings is 1. The normalized spacial score (nSPS) is 15.2. The van der Waals surface area contributed by atoms with E-state index >= 15 is 0 Å². The van der Waals surface area contributed by atoms with Gasteiger partial charge in [0.25, 0.3) is 0 Å². The molecule has 2 heterocycles. The van der Waals surface area contributed by atoms with Crippen LogP contribution in [-0.4, -0.2) is 38.0 Å². The summed E-state index contributed by atoms with van der Waals surface area (Å²) in [5.41, 5.74) is 1.19. The summed E-state index contributed by atoms with van der Waals surface area (Å²) in [7, 11) is 1.74. The molecule has 4 heteroatoms. The summed E-state index contributed by atoms with van der Waals surface area (Å²) in [5, 5.41) is 4.98. The lowest BCUT2D eigenvalue weighted by molar-refractivity contribution is 0.412. The Hall–Kier alpha value is -2.62. The Labute approximate surface area is 136 Å². The maximum absolute atomic E-state index is 5.49. The van der Waals surface area contributed by atoms with Gasteiger partial charge >= 0.3 is 0 Å². The highest BCUT2D eigenvalue weighted by Gasteiger charge is 2.19. The number of methoxy groups -OCH3 is 1. The maximum Gasteiger partial charge on any atom is 0.142 e. The average Bonchev–Trinajstić information content (AvgIpc) is 3.06. The summed E-state index contributed by atoms with van der Waals surface area (Å²) >= 11 is 0. The van der Waals surface area contributed by atoms with Crippen molar-refractivity contribution in [2.45, 2.75) is 0 Å². The molecule has 0 aliphatic carbocycles. The number of nitrogens with zero attached hydrogens (tertiary/aromatic N) is 3. The van der Waals surface area contributed by atoms with Gasteiger partial charge in [0.05, 0.1) is 25.9 Å². The van der Waals surface area contributed by atoms with Crippen molar-refractivity contribution >= 4 is 16.5 Å². The van der Waals surface area contributed by atoms with Gasteiger partial charge in [0, 0.05) is 36.3 Å². The summed E-state index contributed by atoms with van der Waals surface area (Å²) in [5.74, 6) is 0.952. The molecule has 0 spiro atoms. The lowest BCUT2D eigenvalue weighted by Crippen LogP contribution is -2.50. The van der Waals surface area contributed by atoms with Gasteiger partial charge in [0.15, 0.2) is 0 Å². The number of benzene rings is 2. The molecular formula is C19H21N3O. The third-order valence-electron chi connectivity index (χ3n) is 4.55. The minimum atomic E-state index is 0.952. The summed E-state index contributed by atoms with van der Waals surface area (Å²) in [6.07, 6.45) is 4.43. The second kappa shape index (κ2) is 5.88. The van der Waals surface area contributed by atoms with Gasteiger partial charge in [-0.3, -0.25) is 4.68 Å². The standard InChI is InChI=1S/C19H21N3O/c1-23-19-9-5-4-8-18(19)20-10-12-21(13-11-20)22-14-16-6-2-3-7-17(16)15-22/h2-9,14-15H,10-13H2,1H3. The van der Waals surface area contributed by atoms with E-state index in [1.807, 2.05) is 12.1 Å². The van der Waals surface area contributed by atoms with E-state index in [1.165, 1.54) is 16.5 Å². The molecule has 23 heavy (non-hydrogen) atoms. The maximum atomic E-state index is 5.49. The first kappa shape index (κ1) is 14.0. The van der Waals surface area contributed by atoms with E-state index in [4.69, 9.17) is 4.74 Å². The van der Waals surface area contributed by atoms with Gasteiger partial charge in [-0.2, -0.15) is 0 Å². The first-order valence-corrected chi connectivity index (χ1v) is 8.05. The Morgan fingerprint density at radius 3 is 2.04 bits per heavy atom. The molecule has 1 saturated heterocycles. The molecule has 3 aromatic rings. The van der Waals surface area contributed by atoms with Crippen LogP contribution in [-0.2, 0) is 0 Å². The Balaban J connectivity index is 1.50. The predicted octanol–water partition coefficient (Wildman–Crippen LogP) is 3.11. The predicted molar refractivity (Wildman–Crippen MR) is 95.1 cm³/mol. The van der Waals surface area contributed by atoms with Crippen molar-refractivity contribution in [3.8, 4) is 5.75 Å². The molecule has 4 rings (SSSR count). The molecule has 1 aromatic heterocycles. The van der Waals surface area contributed by atoms with Crippen molar-refractivity contribution in [3.05, 3.63) is 60.9 Å². The Morgan fingerprint density at radius 2 is 1.39 bits per heavy atom. The molecule has 0 saturated carbocycles. The summed E-state index contributed by atoms with van der Waals surface area (Å²) in [6.45, 7) is 3.99. The molecular weight excluding hydrogens is 286 g/mol. The van der Waals surface area contributed by atoms with E-state index in [1.54, 1.807) is 7.11 Å². The first-order valence-electron chi connectivity index (χ1n) is 8.05. The minimum absolute atomic E-state index is 0.952. The van der Waals surface area contributed by atoms with Crippen LogP contribution in [0.5, 0.6) is 5.75 Å². The number of ether oxygens (including phenoxy) is 1. The molecule has 0 unspecified atom stereocenters. The monoisotopic (exact) mass is 307 g/mol. The van der Waals surface area contributed by atoms with Gasteiger partial charge in [-0.05, 0) is 12.1 Å². The number of aromatic nitrogens is 1. The van der Waals surface area contributed by atoms with Crippen molar-refractivity contribution < 1.29 is 4.74 Å². The fraction of sp³-hybridized carbons (Fsp3) is 0.263. The topological polar surface area (TPSA) is 20.6 Å². The number of fused-ring (bicyclic) bond motifs is 1. The Morgan fingerprint density at radius 1 is 0.783 bits per heavy atom. The Bertz CT molecular complexity index is 770. The fourth-order valence-electron chi connectivity index (χ4n) is 3.29. The SMILES string of the molecule is COc1ccccc1N1CCN(n2cc3ccccc3c2)CC1. The molecule has 4 nitrogen and oxygen atoms in total. The van der Waals surface area contributed by atoms with Crippen molar-refractivity contribution in [1.29, 1.82) is 0 Å². The first-order chi connectivity index (χ1) is 11.3. The lowest BCUT2D eigenvalue weighted by atomic mass is 10.2. The van der Waals surface area contributed by atoms with E-state index in [-0.39, 0.29) is 0 Å². The van der Waals surface area contributed by atoms with E-state index in [2.05, 4.69) is 63.4 Å². The Kier molecular flexibility index (Phi) is 3.58. The molecule has 1 fully saturated rings. The van der Waals surface area contributed by atoms with Gasteiger partial charge in [0.1, 0.15) is 5.75 Å². The van der Waals surface area contributed by atoms with Crippen LogP contribution < -0.4 is 14.6 Å². The van der Waals surface area contributed by atoms with Gasteiger partial charge in [0.2, 0.25) is 0 Å². The van der Waals surface area contributed by atoms with Crippen LogP contribution >= 0.6 is 0 Å². The van der Waals surface area contributed by atoms with Crippen LogP contribution in [0.3, 0.4) is 0 Å². The van der Waals surface area contributed by atoms with Crippen LogP contribution in [0.1, 0.15) is 0 Å². The third-order valence-corrected chi connectivity index (χ3v) is 4.55. The second-order valence-electron chi connectivity index (χ2n) is 5.88. The lowest BCUT2D eigenvalue weighted by Gasteiger charge is -2.38. The average molecular weight is 307 g/mol. The zero-order valence-corrected chi connectivity index (χ0v) is 13.4. The van der Waals surface area contributed by atoms with E-state index in [0.29, 0.717) is 0 Å². The largest absolute Gasteiger partial charge is 0.495 e. The van der Waals surface area contributed by atoms with Crippen LogP contribution in [0.2, 0.25) is 0 Å². The van der Waals surface area contributed by atoms with Crippen molar-refractivity contribution in [1.82, 2.24) is 4.68 Å². The number of rotatable bonds is 3. The zero-order valence-electron chi connectivity index (χ0n) is 13.4. The molecule has 0 radical (unpaired) electrons. The molecule has 2 aromatic carbocycles. The number of hydrogen-bond acceptors (Lipinski definition) is 3. The zero-order chi connectivity index (χ0) is 15.6. The quantitative estimate of drug-likeness (QED) is 0.742. The van der Waals surface area contributed by atoms with E-state index in [9.17, 15) is 0 Å². The highest BCUT2D eigenvalue weighted by Crippen LogP contribution is 2.28. The molecule has 118 valence electrons. The number of para-hydroxylation sites is 2. The highest BCUT2D eigenvalue weighted by atomic mass is 16.5. The summed E-state index contributed by atoms with van der Waals surface area (Å²) in [6, 6.07) is 16.8. The van der Waals surface area contributed by atoms with Crippen molar-refractivity contribution in [3.63, 3.8) is 0 Å². The molecule has 1 aliphatic heterocycles. The molecule has 0 atom stereocenters. The van der Waals surface area contributed by atoms with Crippen molar-refractivity contribution in [2.24, 2.45) is 0 Å². The van der Waals surface area contributed by atoms with E-state index in [0.717, 1.165) is 31.9 Å².